The summed E-state index contributed by atoms with van der Waals surface area (Å²) in [6.45, 7) is 9.93. The quantitative estimate of drug-likeness (QED) is 0.00792. The van der Waals surface area contributed by atoms with E-state index in [1.807, 2.05) is 6.07 Å². The number of carbonyl (C=O) groups is 14. The average Bonchev–Trinajstić information content (AvgIpc) is 1.61. The van der Waals surface area contributed by atoms with Crippen LogP contribution >= 0.6 is 21.6 Å². The molecule has 9 rings (SSSR count). The van der Waals surface area contributed by atoms with Crippen molar-refractivity contribution in [1.29, 1.82) is 5.41 Å². The number of rotatable bonds is 48. The highest BCUT2D eigenvalue weighted by molar-refractivity contribution is 8.76. The van der Waals surface area contributed by atoms with Crippen molar-refractivity contribution in [3.05, 3.63) is 123 Å². The zero-order valence-corrected chi connectivity index (χ0v) is 69.9. The van der Waals surface area contributed by atoms with Gasteiger partial charge < -0.3 is 92.7 Å². The van der Waals surface area contributed by atoms with E-state index in [9.17, 15) is 103 Å². The number of benzene rings is 3. The van der Waals surface area contributed by atoms with Gasteiger partial charge in [0.1, 0.15) is 29.9 Å². The first kappa shape index (κ1) is 95.0. The molecule has 664 valence electrons. The van der Waals surface area contributed by atoms with Crippen molar-refractivity contribution in [3.63, 3.8) is 0 Å². The molecule has 40 nitrogen and oxygen atoms in total. The maximum Gasteiger partial charge on any atom is 0.416 e. The number of nitrogens with zero attached hydrogens (tertiary/aromatic N) is 7. The van der Waals surface area contributed by atoms with Gasteiger partial charge in [-0.1, -0.05) is 65.2 Å². The Morgan fingerprint density at radius 3 is 1.92 bits per heavy atom. The van der Waals surface area contributed by atoms with Crippen molar-refractivity contribution < 1.29 is 112 Å². The van der Waals surface area contributed by atoms with Gasteiger partial charge in [0.15, 0.2) is 34.9 Å². The highest BCUT2D eigenvalue weighted by Gasteiger charge is 2.47. The van der Waals surface area contributed by atoms with Crippen LogP contribution in [0.2, 0.25) is 0 Å². The summed E-state index contributed by atoms with van der Waals surface area (Å²) in [6.07, 6.45) is -1.18. The number of hydrogen-bond acceptors (Lipinski definition) is 28. The number of Topliss-reactive ketones (excluding diaryl/α,β-unsaturated/α-hetero) is 3. The topological polar surface area (TPSA) is 618 Å². The Labute approximate surface area is 717 Å². The monoisotopic (exact) mass is 1760 g/mol. The first-order chi connectivity index (χ1) is 59.0. The molecular formula is C82H100N16O24S2. The zero-order chi connectivity index (χ0) is 90.3. The van der Waals surface area contributed by atoms with Gasteiger partial charge in [0, 0.05) is 73.8 Å². The van der Waals surface area contributed by atoms with Crippen LogP contribution in [0.15, 0.2) is 88.8 Å². The number of amides is 6. The summed E-state index contributed by atoms with van der Waals surface area (Å²) in [5, 5.41) is 81.5. The number of aliphatic hydroxyl groups is 1. The highest BCUT2D eigenvalue weighted by atomic mass is 33.1. The predicted molar refractivity (Wildman–Crippen MR) is 452 cm³/mol. The summed E-state index contributed by atoms with van der Waals surface area (Å²) >= 11 is 0. The van der Waals surface area contributed by atoms with Gasteiger partial charge in [-0.3, -0.25) is 77.7 Å². The molecule has 10 atom stereocenters. The molecule has 4 aliphatic rings. The van der Waals surface area contributed by atoms with E-state index in [-0.39, 0.29) is 97.1 Å². The molecule has 2 aromatic heterocycles. The van der Waals surface area contributed by atoms with E-state index in [1.165, 1.54) is 48.5 Å². The Morgan fingerprint density at radius 2 is 1.28 bits per heavy atom. The number of methoxy groups -OCH3 is 2. The number of aryl methyl sites for hydroxylation is 2. The molecule has 5 aromatic rings. The van der Waals surface area contributed by atoms with Crippen molar-refractivity contribution >= 4 is 151 Å². The van der Waals surface area contributed by atoms with Gasteiger partial charge in [-0.05, 0) is 124 Å². The molecular weight excluding hydrogens is 1660 g/mol. The molecule has 42 heteroatoms. The molecule has 4 aliphatic heterocycles. The summed E-state index contributed by atoms with van der Waals surface area (Å²) < 4.78 is 17.4. The Morgan fingerprint density at radius 1 is 0.685 bits per heavy atom. The zero-order valence-electron chi connectivity index (χ0n) is 68.3. The number of carboxylic acid groups (broad SMARTS) is 5. The maximum atomic E-state index is 14.4. The number of nitrogens with one attached hydrogen (secondary N) is 7. The molecule has 124 heavy (non-hydrogen) atoms. The molecule has 0 saturated carbocycles. The Hall–Kier alpha value is -12.9. The van der Waals surface area contributed by atoms with Gasteiger partial charge >= 0.3 is 35.9 Å². The van der Waals surface area contributed by atoms with Crippen molar-refractivity contribution in [2.24, 2.45) is 28.5 Å². The number of carbonyl (C=O) groups excluding carboxylic acids is 9. The second kappa shape index (κ2) is 44.3. The molecule has 2 saturated heterocycles. The highest BCUT2D eigenvalue weighted by Crippen LogP contribution is 2.42. The number of aliphatic carboxylic acids is 5. The van der Waals surface area contributed by atoms with Gasteiger partial charge in [-0.2, -0.15) is 4.98 Å². The minimum Gasteiger partial charge on any atom is -0.496 e. The SMILES string of the molecule is C=C1C[C@H]2C=Nc3cc(CCCCCCCc4cc5c(cc4OC)C(=O)N4CC(=C)C[C@H]4[C@H](O)N5C(=O)OCC(C)SSC[C@H](CC(=O)[C@H](CC(=O)O)NC(=O)[C@H](CC(=O)O)CC(=O)[C@H](CCCNC(=N)N)NC(=O)[C@H](CC(=O)O)CC(=O)CC[C@H](NC(=O)c4ccc(NCc5cnc6nc(N)[nH]c(=O)c6n5)cc4)C(=O)O)C(=O)O)c(OC)cc3C(=O)N2C1. The van der Waals surface area contributed by atoms with E-state index in [4.69, 9.17) is 31.1 Å². The van der Waals surface area contributed by atoms with Crippen LogP contribution in [-0.2, 0) is 72.1 Å². The van der Waals surface area contributed by atoms with Crippen LogP contribution in [0.4, 0.5) is 27.8 Å². The van der Waals surface area contributed by atoms with Crippen molar-refractivity contribution in [2.75, 3.05) is 62.2 Å². The third-order valence-electron chi connectivity index (χ3n) is 21.1. The average molecular weight is 1760 g/mol. The molecule has 2 fully saturated rings. The summed E-state index contributed by atoms with van der Waals surface area (Å²) in [4.78, 5) is 223. The summed E-state index contributed by atoms with van der Waals surface area (Å²) in [7, 11) is 5.00. The van der Waals surface area contributed by atoms with Crippen LogP contribution < -0.4 is 58.0 Å². The van der Waals surface area contributed by atoms with Crippen molar-refractivity contribution in [3.8, 4) is 11.5 Å². The molecule has 6 heterocycles. The Balaban J connectivity index is 0.769. The molecule has 0 radical (unpaired) electrons. The Kier molecular flexibility index (Phi) is 33.9. The van der Waals surface area contributed by atoms with Crippen LogP contribution in [0.1, 0.15) is 164 Å². The lowest BCUT2D eigenvalue weighted by molar-refractivity contribution is -0.145. The van der Waals surface area contributed by atoms with Crippen LogP contribution in [0, 0.1) is 23.2 Å². The van der Waals surface area contributed by atoms with E-state index in [1.54, 1.807) is 37.3 Å². The molecule has 1 unspecified atom stereocenters. The number of H-pyrrole nitrogens is 1. The lowest BCUT2D eigenvalue weighted by atomic mass is 9.90. The number of hydrogen-bond donors (Lipinski definition) is 15. The van der Waals surface area contributed by atoms with E-state index in [2.05, 4.69) is 64.7 Å². The van der Waals surface area contributed by atoms with E-state index < -0.39 is 193 Å². The molecule has 0 spiro atoms. The number of nitrogens with two attached hydrogens (primary N) is 2. The largest absolute Gasteiger partial charge is 0.496 e. The van der Waals surface area contributed by atoms with Crippen molar-refractivity contribution in [2.45, 2.75) is 177 Å². The van der Waals surface area contributed by atoms with E-state index in [0.29, 0.717) is 77.5 Å². The van der Waals surface area contributed by atoms with Gasteiger partial charge in [0.2, 0.25) is 17.8 Å². The van der Waals surface area contributed by atoms with E-state index >= 15 is 0 Å². The van der Waals surface area contributed by atoms with Gasteiger partial charge in [0.25, 0.3) is 23.3 Å². The lowest BCUT2D eigenvalue weighted by Gasteiger charge is -2.32. The summed E-state index contributed by atoms with van der Waals surface area (Å²) in [6, 6.07) is 6.09. The molecule has 0 aliphatic carbocycles. The first-order valence-electron chi connectivity index (χ1n) is 39.9. The number of guanidine groups is 1. The van der Waals surface area contributed by atoms with Gasteiger partial charge in [-0.25, -0.2) is 24.5 Å². The second-order valence-corrected chi connectivity index (χ2v) is 33.4. The number of unbranched alkanes of at least 4 members (excludes halogenated alkanes) is 4. The molecule has 3 aromatic carbocycles. The molecule has 6 amide bonds. The minimum absolute atomic E-state index is 0.00406. The number of fused-ring (bicyclic) bond motifs is 5. The molecule has 0 bridgehead atoms. The fourth-order valence-electron chi connectivity index (χ4n) is 14.8. The predicted octanol–water partition coefficient (Wildman–Crippen LogP) is 5.09. The number of nitrogen functional groups attached to an aromatic ring is 1. The number of aromatic amines is 1. The third kappa shape index (κ3) is 26.1. The van der Waals surface area contributed by atoms with Crippen LogP contribution in [0.5, 0.6) is 11.5 Å². The first-order valence-corrected chi connectivity index (χ1v) is 42.2. The third-order valence-corrected chi connectivity index (χ3v) is 24.1. The van der Waals surface area contributed by atoms with Crippen LogP contribution in [0.25, 0.3) is 11.2 Å². The maximum absolute atomic E-state index is 14.4. The standard InChI is InChI=1S/C82H100N16O24S2/c1-41-22-52-36-88-58-25-45(64(120-4)31-54(58)75(112)96(52)37-41)12-9-7-6-8-10-13-46-26-60-55(32-65(46)121-5)76(113)97-38-42(2)23-61(97)77(114)98(60)82(119)122-39-43(3)124-123-40-49(78(115)116)28-63(101)59(33-68(106)107)93-73(110)48(30-67(104)105)27-62(100)56(14-11-21-86-80(83)84)91-72(109)47(29-66(102)103)24-53(99)19-20-57(79(117)118)92-71(108)44-15-17-50(18-16-44)87-34-51-35-89-70-69(90-51)74(111)95-81(85)94-70/h15-18,25-26,31-32,35-36,43,47-49,52,56-57,59,61,77,87,114H,1-2,6-14,19-24,27-30,33-34,37-40H2,3-5H3,(H,91,109)(H,92,108)(H,93,110)(H,102,103)(H,104,105)(H,106,107)(H,115,116)(H,117,118)(H4,83,84,86)(H3,85,89,94,95,111)/t43?,47-,48-,49-,52-,56-,57-,59-,61-,77-/m0/s1. The smallest absolute Gasteiger partial charge is 0.416 e. The second-order valence-electron chi connectivity index (χ2n) is 30.6. The summed E-state index contributed by atoms with van der Waals surface area (Å²) in [5.41, 5.74) is 15.6. The number of aliphatic imine (C=N–C) groups is 1. The number of aliphatic hydroxyl groups excluding tert-OH is 1. The minimum atomic E-state index is -2.01. The van der Waals surface area contributed by atoms with Crippen molar-refractivity contribution in [1.82, 2.24) is 51.0 Å². The van der Waals surface area contributed by atoms with Gasteiger partial charge in [0.05, 0.1) is 116 Å². The number of anilines is 3. The lowest BCUT2D eigenvalue weighted by Crippen LogP contribution is -2.51. The Bertz CT molecular complexity index is 5050. The normalized spacial score (nSPS) is 16.9. The number of ketones is 3. The fourth-order valence-corrected chi connectivity index (χ4v) is 17.2. The number of ether oxygens (including phenoxy) is 3. The van der Waals surface area contributed by atoms with Crippen LogP contribution in [-0.4, -0.2) is 243 Å². The van der Waals surface area contributed by atoms with Crippen LogP contribution in [0.3, 0.4) is 0 Å². The van der Waals surface area contributed by atoms with E-state index in [0.717, 1.165) is 63.3 Å². The molecule has 17 N–H and O–H groups in total. The summed E-state index contributed by atoms with van der Waals surface area (Å²) in [5.74, 6) is -20.3. The number of carboxylic acids is 5. The number of aromatic nitrogens is 4. The van der Waals surface area contributed by atoms with Gasteiger partial charge in [-0.15, -0.1) is 0 Å². The fraction of sp³-hybridized carbons (Fsp3) is 0.463.